The Labute approximate surface area is 211 Å². The van der Waals surface area contributed by atoms with Gasteiger partial charge in [0.2, 0.25) is 0 Å². The lowest BCUT2D eigenvalue weighted by atomic mass is 9.45. The van der Waals surface area contributed by atoms with Crippen molar-refractivity contribution in [2.75, 3.05) is 6.61 Å². The summed E-state index contributed by atoms with van der Waals surface area (Å²) in [7, 11) is 0. The Balaban J connectivity index is 1.75. The fourth-order valence-electron chi connectivity index (χ4n) is 6.24. The van der Waals surface area contributed by atoms with Crippen LogP contribution in [0.5, 0.6) is 0 Å². The molecule has 6 heteroatoms. The molecule has 6 rings (SSSR count). The van der Waals surface area contributed by atoms with Crippen molar-refractivity contribution in [3.8, 4) is 0 Å². The van der Waals surface area contributed by atoms with Crippen LogP contribution in [0.1, 0.15) is 75.3 Å². The second kappa shape index (κ2) is 7.87. The molecule has 36 heavy (non-hydrogen) atoms. The molecule has 5 atom stereocenters. The van der Waals surface area contributed by atoms with Crippen LogP contribution in [0.15, 0.2) is 54.6 Å². The summed E-state index contributed by atoms with van der Waals surface area (Å²) in [6, 6.07) is 14.1. The van der Waals surface area contributed by atoms with Crippen molar-refractivity contribution < 1.29 is 28.6 Å². The van der Waals surface area contributed by atoms with Crippen molar-refractivity contribution in [1.82, 2.24) is 0 Å². The molecule has 2 aromatic rings. The molecule has 0 radical (unpaired) electrons. The normalized spacial score (nSPS) is 28.6. The van der Waals surface area contributed by atoms with Gasteiger partial charge in [-0.1, -0.05) is 69.8 Å². The number of hydrogen-bond acceptors (Lipinski definition) is 6. The molecule has 0 saturated carbocycles. The third kappa shape index (κ3) is 3.10. The molecule has 1 fully saturated rings. The Morgan fingerprint density at radius 1 is 1.11 bits per heavy atom. The van der Waals surface area contributed by atoms with Crippen LogP contribution >= 0.6 is 0 Å². The molecule has 0 amide bonds. The average molecular weight is 489 g/mol. The summed E-state index contributed by atoms with van der Waals surface area (Å²) < 4.78 is 17.6. The summed E-state index contributed by atoms with van der Waals surface area (Å²) >= 11 is 0. The summed E-state index contributed by atoms with van der Waals surface area (Å²) in [6.45, 7) is 15.2. The van der Waals surface area contributed by atoms with Gasteiger partial charge in [0.25, 0.3) is 0 Å². The van der Waals surface area contributed by atoms with Crippen LogP contribution in [0, 0.1) is 11.3 Å². The lowest BCUT2D eigenvalue weighted by Gasteiger charge is -2.58. The smallest absolute Gasteiger partial charge is 0.333 e. The first-order valence-electron chi connectivity index (χ1n) is 12.3. The lowest BCUT2D eigenvalue weighted by molar-refractivity contribution is -0.183. The van der Waals surface area contributed by atoms with E-state index in [0.29, 0.717) is 5.57 Å². The maximum Gasteiger partial charge on any atom is 0.333 e. The van der Waals surface area contributed by atoms with Crippen LogP contribution in [0.4, 0.5) is 0 Å². The van der Waals surface area contributed by atoms with Gasteiger partial charge in [-0.2, -0.15) is 0 Å². The average Bonchev–Trinajstić information content (AvgIpc) is 3.06. The molecule has 188 valence electrons. The topological polar surface area (TPSA) is 78.9 Å². The highest BCUT2D eigenvalue weighted by atomic mass is 16.6. The van der Waals surface area contributed by atoms with Crippen LogP contribution in [-0.2, 0) is 39.6 Å². The van der Waals surface area contributed by atoms with E-state index in [1.165, 1.54) is 0 Å². The highest BCUT2D eigenvalue weighted by molar-refractivity contribution is 6.03. The summed E-state index contributed by atoms with van der Waals surface area (Å²) in [4.78, 5) is 38.9. The maximum atomic E-state index is 13.5. The molecule has 0 spiro atoms. The molecular weight excluding hydrogens is 456 g/mol. The Kier molecular flexibility index (Phi) is 5.35. The SMILES string of the molecule is C=C(C)C(=O)OC(C)COC12c3ccccc3C(c3ccc(C(C)(C)C)cc31)C1C(=O)OC(=O)C12C. The van der Waals surface area contributed by atoms with E-state index in [1.54, 1.807) is 20.8 Å². The van der Waals surface area contributed by atoms with E-state index >= 15 is 0 Å². The number of ether oxygens (including phenoxy) is 3. The number of benzene rings is 2. The quantitative estimate of drug-likeness (QED) is 0.338. The molecule has 2 aromatic carbocycles. The first kappa shape index (κ1) is 24.4. The number of hydrogen-bond donors (Lipinski definition) is 0. The van der Waals surface area contributed by atoms with Gasteiger partial charge in [-0.05, 0) is 54.0 Å². The van der Waals surface area contributed by atoms with Crippen molar-refractivity contribution >= 4 is 17.9 Å². The van der Waals surface area contributed by atoms with Gasteiger partial charge in [0, 0.05) is 11.5 Å². The number of carbonyl (C=O) groups is 3. The predicted molar refractivity (Wildman–Crippen MR) is 133 cm³/mol. The van der Waals surface area contributed by atoms with Crippen LogP contribution in [0.25, 0.3) is 0 Å². The van der Waals surface area contributed by atoms with Gasteiger partial charge in [0.1, 0.15) is 17.1 Å². The highest BCUT2D eigenvalue weighted by Crippen LogP contribution is 2.70. The van der Waals surface area contributed by atoms with Gasteiger partial charge < -0.3 is 14.2 Å². The number of rotatable bonds is 5. The third-order valence-electron chi connectivity index (χ3n) is 8.06. The van der Waals surface area contributed by atoms with Crippen molar-refractivity contribution in [3.63, 3.8) is 0 Å². The second-order valence-electron chi connectivity index (χ2n) is 11.5. The van der Waals surface area contributed by atoms with Gasteiger partial charge in [0.15, 0.2) is 0 Å². The number of carbonyl (C=O) groups excluding carboxylic acids is 3. The largest absolute Gasteiger partial charge is 0.457 e. The van der Waals surface area contributed by atoms with Crippen molar-refractivity contribution in [1.29, 1.82) is 0 Å². The van der Waals surface area contributed by atoms with E-state index in [4.69, 9.17) is 14.2 Å². The molecule has 1 aliphatic heterocycles. The minimum Gasteiger partial charge on any atom is -0.457 e. The standard InChI is InChI=1S/C30H32O6/c1-16(2)25(31)35-17(3)15-34-30-21-11-9-8-10-19(21)23(24-26(32)36-27(33)29(24,30)7)20-13-12-18(14-22(20)30)28(4,5)6/h8-14,17,23-24H,1,15H2,2-7H3. The fraction of sp³-hybridized carbons (Fsp3) is 0.433. The zero-order chi connectivity index (χ0) is 26.2. The maximum absolute atomic E-state index is 13.5. The zero-order valence-corrected chi connectivity index (χ0v) is 21.6. The Morgan fingerprint density at radius 3 is 2.44 bits per heavy atom. The first-order valence-corrected chi connectivity index (χ1v) is 12.3. The molecule has 0 N–H and O–H groups in total. The molecular formula is C30H32O6. The number of cyclic esters (lactones) is 2. The van der Waals surface area contributed by atoms with E-state index in [2.05, 4.69) is 45.5 Å². The van der Waals surface area contributed by atoms with Crippen molar-refractivity contribution in [3.05, 3.63) is 82.4 Å². The number of esters is 3. The Hall–Kier alpha value is -3.25. The molecule has 5 unspecified atom stereocenters. The van der Waals surface area contributed by atoms with Gasteiger partial charge in [0.05, 0.1) is 12.5 Å². The minimum absolute atomic E-state index is 0.0149. The Morgan fingerprint density at radius 2 is 1.78 bits per heavy atom. The molecule has 0 aromatic heterocycles. The Bertz CT molecular complexity index is 1320. The van der Waals surface area contributed by atoms with Crippen molar-refractivity contribution in [2.24, 2.45) is 11.3 Å². The van der Waals surface area contributed by atoms with Gasteiger partial charge in [-0.3, -0.25) is 9.59 Å². The summed E-state index contributed by atoms with van der Waals surface area (Å²) in [5.74, 6) is -2.66. The second-order valence-corrected chi connectivity index (χ2v) is 11.5. The fourth-order valence-corrected chi connectivity index (χ4v) is 6.24. The van der Waals surface area contributed by atoms with Gasteiger partial charge >= 0.3 is 17.9 Å². The molecule has 2 bridgehead atoms. The summed E-state index contributed by atoms with van der Waals surface area (Å²) in [6.07, 6.45) is -0.611. The first-order chi connectivity index (χ1) is 16.8. The summed E-state index contributed by atoms with van der Waals surface area (Å²) in [5.41, 5.74) is 2.27. The monoisotopic (exact) mass is 488 g/mol. The van der Waals surface area contributed by atoms with Crippen LogP contribution < -0.4 is 0 Å². The minimum atomic E-state index is -1.30. The molecule has 6 nitrogen and oxygen atoms in total. The molecule has 3 aliphatic carbocycles. The van der Waals surface area contributed by atoms with Crippen LogP contribution in [0.3, 0.4) is 0 Å². The van der Waals surface area contributed by atoms with Crippen LogP contribution in [0.2, 0.25) is 0 Å². The van der Waals surface area contributed by atoms with Gasteiger partial charge in [-0.25, -0.2) is 4.79 Å². The lowest BCUT2D eigenvalue weighted by Crippen LogP contribution is -2.62. The predicted octanol–water partition coefficient (Wildman–Crippen LogP) is 4.92. The molecule has 1 heterocycles. The van der Waals surface area contributed by atoms with E-state index < -0.39 is 40.9 Å². The van der Waals surface area contributed by atoms with E-state index in [-0.39, 0.29) is 17.9 Å². The zero-order valence-electron chi connectivity index (χ0n) is 21.6. The van der Waals surface area contributed by atoms with Crippen molar-refractivity contribution in [2.45, 2.75) is 64.6 Å². The van der Waals surface area contributed by atoms with E-state index in [1.807, 2.05) is 24.3 Å². The van der Waals surface area contributed by atoms with E-state index in [9.17, 15) is 14.4 Å². The molecule has 4 aliphatic rings. The highest BCUT2D eigenvalue weighted by Gasteiger charge is 2.76. The van der Waals surface area contributed by atoms with Gasteiger partial charge in [-0.15, -0.1) is 0 Å². The summed E-state index contributed by atoms with van der Waals surface area (Å²) in [5, 5.41) is 0. The van der Waals surface area contributed by atoms with Crippen LogP contribution in [-0.4, -0.2) is 30.6 Å². The van der Waals surface area contributed by atoms with E-state index in [0.717, 1.165) is 27.8 Å². The molecule has 1 saturated heterocycles. The third-order valence-corrected chi connectivity index (χ3v) is 8.06.